The molecule has 0 fully saturated rings. The lowest BCUT2D eigenvalue weighted by Gasteiger charge is -1.92. The molecule has 0 N–H and O–H groups in total. The van der Waals surface area contributed by atoms with Crippen molar-refractivity contribution in [3.05, 3.63) is 18.2 Å². The third-order valence-corrected chi connectivity index (χ3v) is 1.73. The third kappa shape index (κ3) is 1.66. The van der Waals surface area contributed by atoms with Gasteiger partial charge in [0.1, 0.15) is 5.82 Å². The van der Waals surface area contributed by atoms with Crippen molar-refractivity contribution in [3.8, 4) is 0 Å². The summed E-state index contributed by atoms with van der Waals surface area (Å²) in [5.74, 6) is 0.936. The van der Waals surface area contributed by atoms with Crippen LogP contribution in [-0.4, -0.2) is 19.5 Å². The second-order valence-electron chi connectivity index (χ2n) is 2.42. The molecule has 4 nitrogen and oxygen atoms in total. The van der Waals surface area contributed by atoms with Gasteiger partial charge in [-0.2, -0.15) is 0 Å². The maximum Gasteiger partial charge on any atom is 0.197 e. The molecule has 0 spiro atoms. The molecule has 2 aromatic rings. The molecule has 70 valence electrons. The highest BCUT2D eigenvalue weighted by Gasteiger charge is 2.03. The average Bonchev–Trinajstić information content (AvgIpc) is 2.47. The lowest BCUT2D eigenvalue weighted by Crippen LogP contribution is -1.91. The van der Waals surface area contributed by atoms with E-state index in [1.165, 1.54) is 0 Å². The molecule has 2 heterocycles. The zero-order valence-electron chi connectivity index (χ0n) is 8.44. The molecule has 0 aliphatic heterocycles. The zero-order chi connectivity index (χ0) is 9.84. The van der Waals surface area contributed by atoms with E-state index >= 15 is 0 Å². The van der Waals surface area contributed by atoms with E-state index in [9.17, 15) is 0 Å². The summed E-state index contributed by atoms with van der Waals surface area (Å²) < 4.78 is 1.92. The molecule has 13 heavy (non-hydrogen) atoms. The Bertz CT molecular complexity index is 391. The molecule has 0 radical (unpaired) electrons. The SMILES string of the molecule is CC.Cc1nc2nccnc2n1C. The highest BCUT2D eigenvalue weighted by atomic mass is 15.1. The van der Waals surface area contributed by atoms with Crippen molar-refractivity contribution in [2.24, 2.45) is 7.05 Å². The number of nitrogens with zero attached hydrogens (tertiary/aromatic N) is 4. The van der Waals surface area contributed by atoms with Crippen LogP contribution < -0.4 is 0 Å². The summed E-state index contributed by atoms with van der Waals surface area (Å²) in [6.45, 7) is 5.93. The van der Waals surface area contributed by atoms with Crippen LogP contribution in [0.25, 0.3) is 11.3 Å². The number of imidazole rings is 1. The van der Waals surface area contributed by atoms with Gasteiger partial charge in [-0.25, -0.2) is 15.0 Å². The van der Waals surface area contributed by atoms with Crippen molar-refractivity contribution >= 4 is 11.3 Å². The van der Waals surface area contributed by atoms with Crippen LogP contribution in [-0.2, 0) is 7.05 Å². The Balaban J connectivity index is 0.000000396. The molecule has 0 saturated carbocycles. The van der Waals surface area contributed by atoms with Gasteiger partial charge in [-0.3, -0.25) is 0 Å². The van der Waals surface area contributed by atoms with E-state index in [1.807, 2.05) is 32.4 Å². The summed E-state index contributed by atoms with van der Waals surface area (Å²) in [4.78, 5) is 12.4. The van der Waals surface area contributed by atoms with Crippen LogP contribution in [0.1, 0.15) is 19.7 Å². The van der Waals surface area contributed by atoms with Gasteiger partial charge in [0.25, 0.3) is 0 Å². The standard InChI is InChI=1S/C7H8N4.C2H6/c1-5-10-6-7(11(5)2)9-4-3-8-6;1-2/h3-4H,1-2H3;1-2H3. The fraction of sp³-hybridized carbons (Fsp3) is 0.444. The average molecular weight is 178 g/mol. The van der Waals surface area contributed by atoms with E-state index in [0.29, 0.717) is 5.65 Å². The first kappa shape index (κ1) is 9.64. The van der Waals surface area contributed by atoms with Crippen LogP contribution in [0.2, 0.25) is 0 Å². The largest absolute Gasteiger partial charge is 0.315 e. The minimum Gasteiger partial charge on any atom is -0.315 e. The molecule has 0 saturated heterocycles. The van der Waals surface area contributed by atoms with Crippen molar-refractivity contribution in [1.82, 2.24) is 19.5 Å². The number of hydrogen-bond donors (Lipinski definition) is 0. The monoisotopic (exact) mass is 178 g/mol. The number of fused-ring (bicyclic) bond motifs is 1. The van der Waals surface area contributed by atoms with Gasteiger partial charge in [-0.15, -0.1) is 0 Å². The van der Waals surface area contributed by atoms with Crippen LogP contribution in [0.15, 0.2) is 12.4 Å². The summed E-state index contributed by atoms with van der Waals surface area (Å²) in [5, 5.41) is 0. The van der Waals surface area contributed by atoms with Gasteiger partial charge in [-0.1, -0.05) is 13.8 Å². The fourth-order valence-corrected chi connectivity index (χ4v) is 1.02. The smallest absolute Gasteiger partial charge is 0.197 e. The van der Waals surface area contributed by atoms with E-state index in [2.05, 4.69) is 15.0 Å². The van der Waals surface area contributed by atoms with Gasteiger partial charge in [0, 0.05) is 19.4 Å². The molecule has 0 bridgehead atoms. The molecule has 0 aliphatic carbocycles. The topological polar surface area (TPSA) is 43.6 Å². The van der Waals surface area contributed by atoms with Crippen molar-refractivity contribution in [1.29, 1.82) is 0 Å². The Kier molecular flexibility index (Phi) is 2.95. The summed E-state index contributed by atoms with van der Waals surface area (Å²) in [6.07, 6.45) is 3.32. The molecule has 2 aromatic heterocycles. The quantitative estimate of drug-likeness (QED) is 0.616. The van der Waals surface area contributed by atoms with Crippen molar-refractivity contribution in [2.45, 2.75) is 20.8 Å². The first-order valence-electron chi connectivity index (χ1n) is 4.39. The second-order valence-corrected chi connectivity index (χ2v) is 2.42. The van der Waals surface area contributed by atoms with Gasteiger partial charge in [0.15, 0.2) is 11.3 Å². The molecule has 4 heteroatoms. The highest BCUT2D eigenvalue weighted by molar-refractivity contribution is 5.65. The molecule has 2 rings (SSSR count). The number of rotatable bonds is 0. The van der Waals surface area contributed by atoms with E-state index in [0.717, 1.165) is 11.5 Å². The van der Waals surface area contributed by atoms with Crippen molar-refractivity contribution in [2.75, 3.05) is 0 Å². The molecule has 0 amide bonds. The molecular formula is C9H14N4. The van der Waals surface area contributed by atoms with Crippen LogP contribution >= 0.6 is 0 Å². The maximum atomic E-state index is 4.20. The number of aryl methyl sites for hydroxylation is 2. The molecular weight excluding hydrogens is 164 g/mol. The van der Waals surface area contributed by atoms with Gasteiger partial charge in [0.05, 0.1) is 0 Å². The first-order valence-corrected chi connectivity index (χ1v) is 4.39. The van der Waals surface area contributed by atoms with Crippen LogP contribution in [0, 0.1) is 6.92 Å². The van der Waals surface area contributed by atoms with E-state index < -0.39 is 0 Å². The summed E-state index contributed by atoms with van der Waals surface area (Å²) >= 11 is 0. The molecule has 0 aliphatic rings. The van der Waals surface area contributed by atoms with E-state index in [1.54, 1.807) is 12.4 Å². The lowest BCUT2D eigenvalue weighted by molar-refractivity contribution is 0.874. The Morgan fingerprint density at radius 1 is 1.15 bits per heavy atom. The van der Waals surface area contributed by atoms with Gasteiger partial charge in [0.2, 0.25) is 0 Å². The number of hydrogen-bond acceptors (Lipinski definition) is 3. The Labute approximate surface area is 77.7 Å². The number of aromatic nitrogens is 4. The second kappa shape index (κ2) is 3.98. The fourth-order valence-electron chi connectivity index (χ4n) is 1.02. The highest BCUT2D eigenvalue weighted by Crippen LogP contribution is 2.06. The Hall–Kier alpha value is -1.45. The van der Waals surface area contributed by atoms with Crippen LogP contribution in [0.5, 0.6) is 0 Å². The summed E-state index contributed by atoms with van der Waals surface area (Å²) in [6, 6.07) is 0. The zero-order valence-corrected chi connectivity index (χ0v) is 8.44. The Morgan fingerprint density at radius 2 is 1.77 bits per heavy atom. The molecule has 0 unspecified atom stereocenters. The van der Waals surface area contributed by atoms with Crippen LogP contribution in [0.4, 0.5) is 0 Å². The van der Waals surface area contributed by atoms with Crippen LogP contribution in [0.3, 0.4) is 0 Å². The maximum absolute atomic E-state index is 4.20. The minimum atomic E-state index is 0.715. The van der Waals surface area contributed by atoms with Gasteiger partial charge < -0.3 is 4.57 Å². The van der Waals surface area contributed by atoms with E-state index in [4.69, 9.17) is 0 Å². The molecule has 0 aromatic carbocycles. The van der Waals surface area contributed by atoms with Crippen molar-refractivity contribution < 1.29 is 0 Å². The Morgan fingerprint density at radius 3 is 2.38 bits per heavy atom. The summed E-state index contributed by atoms with van der Waals surface area (Å²) in [5.41, 5.74) is 1.55. The van der Waals surface area contributed by atoms with Crippen molar-refractivity contribution in [3.63, 3.8) is 0 Å². The lowest BCUT2D eigenvalue weighted by atomic mass is 10.6. The predicted molar refractivity (Wildman–Crippen MR) is 52.4 cm³/mol. The first-order chi connectivity index (χ1) is 6.29. The van der Waals surface area contributed by atoms with Gasteiger partial charge in [-0.05, 0) is 6.92 Å². The summed E-state index contributed by atoms with van der Waals surface area (Å²) in [7, 11) is 1.93. The third-order valence-electron chi connectivity index (χ3n) is 1.73. The normalized spacial score (nSPS) is 9.54. The molecule has 0 atom stereocenters. The van der Waals surface area contributed by atoms with E-state index in [-0.39, 0.29) is 0 Å². The minimum absolute atomic E-state index is 0.715. The predicted octanol–water partition coefficient (Wildman–Crippen LogP) is 1.70. The van der Waals surface area contributed by atoms with Gasteiger partial charge >= 0.3 is 0 Å².